The SMILES string of the molecule is NNc1cc(C(F)(F)F)cc(NCCOCC(F)(F)F)n1. The quantitative estimate of drug-likeness (QED) is 0.325. The van der Waals surface area contributed by atoms with Crippen LogP contribution in [-0.2, 0) is 10.9 Å². The summed E-state index contributed by atoms with van der Waals surface area (Å²) < 4.78 is 77.4. The molecular formula is C10H12F6N4O. The summed E-state index contributed by atoms with van der Waals surface area (Å²) in [5.41, 5.74) is 0.974. The van der Waals surface area contributed by atoms with Gasteiger partial charge in [-0.1, -0.05) is 0 Å². The van der Waals surface area contributed by atoms with Crippen molar-refractivity contribution >= 4 is 11.6 Å². The van der Waals surface area contributed by atoms with E-state index in [1.807, 2.05) is 5.43 Å². The first-order valence-corrected chi connectivity index (χ1v) is 5.56. The van der Waals surface area contributed by atoms with Gasteiger partial charge in [0.25, 0.3) is 0 Å². The number of nitrogen functional groups attached to an aromatic ring is 1. The third-order valence-electron chi connectivity index (χ3n) is 2.12. The third-order valence-corrected chi connectivity index (χ3v) is 2.12. The van der Waals surface area contributed by atoms with Crippen LogP contribution in [0.4, 0.5) is 38.0 Å². The van der Waals surface area contributed by atoms with Crippen LogP contribution in [-0.4, -0.2) is 30.9 Å². The van der Waals surface area contributed by atoms with Gasteiger partial charge in [-0.05, 0) is 12.1 Å². The van der Waals surface area contributed by atoms with Crippen molar-refractivity contribution in [1.29, 1.82) is 0 Å². The first-order valence-electron chi connectivity index (χ1n) is 5.56. The second kappa shape index (κ2) is 6.80. The molecule has 0 unspecified atom stereocenters. The summed E-state index contributed by atoms with van der Waals surface area (Å²) in [5, 5.41) is 2.42. The van der Waals surface area contributed by atoms with Gasteiger partial charge in [-0.3, -0.25) is 0 Å². The van der Waals surface area contributed by atoms with Crippen molar-refractivity contribution in [2.45, 2.75) is 12.4 Å². The highest BCUT2D eigenvalue weighted by atomic mass is 19.4. The molecule has 0 atom stereocenters. The van der Waals surface area contributed by atoms with E-state index in [0.717, 1.165) is 0 Å². The fourth-order valence-electron chi connectivity index (χ4n) is 1.30. The summed E-state index contributed by atoms with van der Waals surface area (Å²) >= 11 is 0. The Morgan fingerprint density at radius 2 is 1.71 bits per heavy atom. The van der Waals surface area contributed by atoms with Crippen molar-refractivity contribution in [2.24, 2.45) is 5.84 Å². The van der Waals surface area contributed by atoms with Crippen molar-refractivity contribution in [2.75, 3.05) is 30.5 Å². The van der Waals surface area contributed by atoms with Crippen LogP contribution >= 0.6 is 0 Å². The molecule has 5 nitrogen and oxygen atoms in total. The molecule has 0 amide bonds. The van der Waals surface area contributed by atoms with Crippen molar-refractivity contribution in [3.8, 4) is 0 Å². The number of nitrogens with two attached hydrogens (primary N) is 1. The molecule has 0 fully saturated rings. The lowest BCUT2D eigenvalue weighted by Gasteiger charge is -2.13. The maximum Gasteiger partial charge on any atom is 0.416 e. The molecule has 4 N–H and O–H groups in total. The van der Waals surface area contributed by atoms with Gasteiger partial charge in [0.05, 0.1) is 12.2 Å². The highest BCUT2D eigenvalue weighted by Crippen LogP contribution is 2.31. The summed E-state index contributed by atoms with van der Waals surface area (Å²) in [6.07, 6.45) is -9.05. The number of rotatable bonds is 6. The van der Waals surface area contributed by atoms with E-state index in [0.29, 0.717) is 12.1 Å². The molecule has 1 aromatic rings. The molecule has 0 bridgehead atoms. The van der Waals surface area contributed by atoms with E-state index in [-0.39, 0.29) is 24.8 Å². The van der Waals surface area contributed by atoms with Crippen LogP contribution in [0, 0.1) is 0 Å². The molecule has 21 heavy (non-hydrogen) atoms. The Morgan fingerprint density at radius 3 is 2.24 bits per heavy atom. The van der Waals surface area contributed by atoms with Crippen molar-refractivity contribution in [3.05, 3.63) is 17.7 Å². The molecule has 1 aromatic heterocycles. The Labute approximate surface area is 115 Å². The van der Waals surface area contributed by atoms with Gasteiger partial charge in [0.1, 0.15) is 18.2 Å². The number of ether oxygens (including phenoxy) is 1. The van der Waals surface area contributed by atoms with Gasteiger partial charge >= 0.3 is 12.4 Å². The van der Waals surface area contributed by atoms with E-state index in [9.17, 15) is 26.3 Å². The molecule has 11 heteroatoms. The highest BCUT2D eigenvalue weighted by molar-refractivity contribution is 5.49. The van der Waals surface area contributed by atoms with Crippen LogP contribution in [0.2, 0.25) is 0 Å². The molecule has 0 saturated carbocycles. The number of hydrazine groups is 1. The van der Waals surface area contributed by atoms with E-state index >= 15 is 0 Å². The van der Waals surface area contributed by atoms with E-state index in [1.54, 1.807) is 0 Å². The fraction of sp³-hybridized carbons (Fsp3) is 0.500. The Bertz CT molecular complexity index is 462. The van der Waals surface area contributed by atoms with E-state index in [1.165, 1.54) is 0 Å². The minimum Gasteiger partial charge on any atom is -0.370 e. The van der Waals surface area contributed by atoms with Crippen LogP contribution in [0.15, 0.2) is 12.1 Å². The number of alkyl halides is 6. The Kier molecular flexibility index (Phi) is 5.61. The lowest BCUT2D eigenvalue weighted by atomic mass is 10.2. The van der Waals surface area contributed by atoms with Gasteiger partial charge in [-0.15, -0.1) is 0 Å². The van der Waals surface area contributed by atoms with Crippen LogP contribution in [0.25, 0.3) is 0 Å². The maximum absolute atomic E-state index is 12.6. The Morgan fingerprint density at radius 1 is 1.10 bits per heavy atom. The minimum absolute atomic E-state index is 0.144. The topological polar surface area (TPSA) is 72.2 Å². The normalized spacial score (nSPS) is 12.3. The Balaban J connectivity index is 2.59. The molecule has 0 aliphatic carbocycles. The van der Waals surface area contributed by atoms with Crippen molar-refractivity contribution < 1.29 is 31.1 Å². The second-order valence-electron chi connectivity index (χ2n) is 3.86. The monoisotopic (exact) mass is 318 g/mol. The number of hydrogen-bond donors (Lipinski definition) is 3. The number of nitrogens with zero attached hydrogens (tertiary/aromatic N) is 1. The first kappa shape index (κ1) is 17.3. The van der Waals surface area contributed by atoms with Crippen LogP contribution in [0.3, 0.4) is 0 Å². The van der Waals surface area contributed by atoms with Gasteiger partial charge in [-0.25, -0.2) is 10.8 Å². The molecule has 0 aliphatic heterocycles. The number of nitrogens with one attached hydrogen (secondary N) is 2. The first-order chi connectivity index (χ1) is 9.62. The molecule has 0 aromatic carbocycles. The lowest BCUT2D eigenvalue weighted by Crippen LogP contribution is -2.20. The van der Waals surface area contributed by atoms with Gasteiger partial charge in [0.2, 0.25) is 0 Å². The van der Waals surface area contributed by atoms with Crippen molar-refractivity contribution in [3.63, 3.8) is 0 Å². The number of halogens is 6. The smallest absolute Gasteiger partial charge is 0.370 e. The average molecular weight is 318 g/mol. The molecule has 0 spiro atoms. The summed E-state index contributed by atoms with van der Waals surface area (Å²) in [5.74, 6) is 4.58. The predicted molar refractivity (Wildman–Crippen MR) is 62.4 cm³/mol. The lowest BCUT2D eigenvalue weighted by molar-refractivity contribution is -0.172. The number of pyridine rings is 1. The zero-order valence-electron chi connectivity index (χ0n) is 10.5. The average Bonchev–Trinajstić information content (AvgIpc) is 2.35. The largest absolute Gasteiger partial charge is 0.416 e. The predicted octanol–water partition coefficient (Wildman–Crippen LogP) is 2.38. The summed E-state index contributed by atoms with van der Waals surface area (Å²) in [7, 11) is 0. The highest BCUT2D eigenvalue weighted by Gasteiger charge is 2.31. The number of anilines is 2. The molecule has 120 valence electrons. The molecule has 1 rings (SSSR count). The van der Waals surface area contributed by atoms with E-state index in [4.69, 9.17) is 5.84 Å². The standard InChI is InChI=1S/C10H12F6N4O/c11-9(12,13)5-21-2-1-18-7-3-6(10(14,15)16)4-8(19-7)20-17/h3-4H,1-2,5,17H2,(H2,18,19,20). The Hall–Kier alpha value is -1.75. The van der Waals surface area contributed by atoms with E-state index in [2.05, 4.69) is 15.0 Å². The minimum atomic E-state index is -4.60. The van der Waals surface area contributed by atoms with Gasteiger partial charge in [-0.2, -0.15) is 26.3 Å². The molecule has 0 aliphatic rings. The zero-order chi connectivity index (χ0) is 16.1. The zero-order valence-corrected chi connectivity index (χ0v) is 10.5. The molecular weight excluding hydrogens is 306 g/mol. The fourth-order valence-corrected chi connectivity index (χ4v) is 1.30. The van der Waals surface area contributed by atoms with Crippen molar-refractivity contribution in [1.82, 2.24) is 4.98 Å². The molecule has 0 radical (unpaired) electrons. The maximum atomic E-state index is 12.6. The molecule has 1 heterocycles. The summed E-state index contributed by atoms with van der Waals surface area (Å²) in [6, 6.07) is 1.41. The van der Waals surface area contributed by atoms with Crippen LogP contribution in [0.5, 0.6) is 0 Å². The van der Waals surface area contributed by atoms with Crippen LogP contribution in [0.1, 0.15) is 5.56 Å². The third kappa shape index (κ3) is 6.49. The van der Waals surface area contributed by atoms with Crippen LogP contribution < -0.4 is 16.6 Å². The molecule has 0 saturated heterocycles. The van der Waals surface area contributed by atoms with E-state index < -0.39 is 24.5 Å². The summed E-state index contributed by atoms with van der Waals surface area (Å²) in [4.78, 5) is 3.69. The second-order valence-corrected chi connectivity index (χ2v) is 3.86. The van der Waals surface area contributed by atoms with Gasteiger partial charge < -0.3 is 15.5 Å². The number of aromatic nitrogens is 1. The van der Waals surface area contributed by atoms with Gasteiger partial charge in [0, 0.05) is 6.54 Å². The number of hydrogen-bond acceptors (Lipinski definition) is 5. The summed E-state index contributed by atoms with van der Waals surface area (Å²) in [6.45, 7) is -1.92. The van der Waals surface area contributed by atoms with Gasteiger partial charge in [0.15, 0.2) is 0 Å².